The molecular weight excluding hydrogens is 247 g/mol. The molecule has 0 saturated heterocycles. The Hall–Kier alpha value is -0.420. The molecule has 1 aromatic heterocycles. The smallest absolute Gasteiger partial charge is 0.243 e. The highest BCUT2D eigenvalue weighted by molar-refractivity contribution is 7.99. The van der Waals surface area contributed by atoms with Crippen LogP contribution in [-0.2, 0) is 6.18 Å². The molecule has 0 aliphatic rings. The molecule has 15 heavy (non-hydrogen) atoms. The van der Waals surface area contributed by atoms with E-state index in [-0.39, 0.29) is 10.0 Å². The third kappa shape index (κ3) is 3.28. The number of halogens is 4. The largest absolute Gasteiger partial charge is 0.417 e. The van der Waals surface area contributed by atoms with Gasteiger partial charge < -0.3 is 0 Å². The zero-order chi connectivity index (χ0) is 11.5. The molecule has 1 heterocycles. The van der Waals surface area contributed by atoms with E-state index in [9.17, 15) is 13.2 Å². The number of alkyl halides is 3. The number of pyridine rings is 1. The SMILES string of the molecule is CCCSc1c(C(F)(F)F)ccnc1Cl. The minimum atomic E-state index is -4.37. The first-order valence-electron chi connectivity index (χ1n) is 4.31. The maximum atomic E-state index is 12.6. The monoisotopic (exact) mass is 255 g/mol. The van der Waals surface area contributed by atoms with Gasteiger partial charge in [-0.15, -0.1) is 11.8 Å². The van der Waals surface area contributed by atoms with Crippen LogP contribution in [-0.4, -0.2) is 10.7 Å². The lowest BCUT2D eigenvalue weighted by Gasteiger charge is -2.12. The van der Waals surface area contributed by atoms with E-state index >= 15 is 0 Å². The predicted molar refractivity (Wildman–Crippen MR) is 55.3 cm³/mol. The lowest BCUT2D eigenvalue weighted by molar-refractivity contribution is -0.139. The molecule has 84 valence electrons. The maximum absolute atomic E-state index is 12.6. The van der Waals surface area contributed by atoms with Gasteiger partial charge in [0.1, 0.15) is 5.15 Å². The van der Waals surface area contributed by atoms with Gasteiger partial charge in [-0.3, -0.25) is 0 Å². The Morgan fingerprint density at radius 2 is 2.13 bits per heavy atom. The second-order valence-corrected chi connectivity index (χ2v) is 4.29. The Kier molecular flexibility index (Phi) is 4.28. The summed E-state index contributed by atoms with van der Waals surface area (Å²) in [6, 6.07) is 0.948. The lowest BCUT2D eigenvalue weighted by atomic mass is 10.2. The van der Waals surface area contributed by atoms with Crippen molar-refractivity contribution in [3.63, 3.8) is 0 Å². The van der Waals surface area contributed by atoms with Crippen LogP contribution >= 0.6 is 23.4 Å². The third-order valence-corrected chi connectivity index (χ3v) is 3.33. The van der Waals surface area contributed by atoms with Crippen molar-refractivity contribution in [1.82, 2.24) is 4.98 Å². The first-order valence-corrected chi connectivity index (χ1v) is 5.67. The van der Waals surface area contributed by atoms with Crippen molar-refractivity contribution in [1.29, 1.82) is 0 Å². The van der Waals surface area contributed by atoms with E-state index < -0.39 is 11.7 Å². The van der Waals surface area contributed by atoms with Crippen LogP contribution in [0.25, 0.3) is 0 Å². The quantitative estimate of drug-likeness (QED) is 0.591. The summed E-state index contributed by atoms with van der Waals surface area (Å²) in [6.07, 6.45) is -2.52. The average molecular weight is 256 g/mol. The average Bonchev–Trinajstić information content (AvgIpc) is 2.14. The number of nitrogens with zero attached hydrogens (tertiary/aromatic N) is 1. The zero-order valence-electron chi connectivity index (χ0n) is 7.94. The molecule has 1 aromatic rings. The second-order valence-electron chi connectivity index (χ2n) is 2.82. The van der Waals surface area contributed by atoms with Crippen molar-refractivity contribution in [2.24, 2.45) is 0 Å². The minimum Gasteiger partial charge on any atom is -0.243 e. The van der Waals surface area contributed by atoms with Crippen LogP contribution in [0.5, 0.6) is 0 Å². The summed E-state index contributed by atoms with van der Waals surface area (Å²) in [6.45, 7) is 1.89. The molecular formula is C9H9ClF3NS. The number of hydrogen-bond acceptors (Lipinski definition) is 2. The van der Waals surface area contributed by atoms with Crippen molar-refractivity contribution in [2.45, 2.75) is 24.4 Å². The Labute approximate surface area is 95.0 Å². The van der Waals surface area contributed by atoms with Gasteiger partial charge in [-0.1, -0.05) is 18.5 Å². The second kappa shape index (κ2) is 5.07. The van der Waals surface area contributed by atoms with Gasteiger partial charge in [0.05, 0.1) is 10.5 Å². The Bertz CT molecular complexity index is 341. The molecule has 0 fully saturated rings. The molecule has 0 amide bonds. The van der Waals surface area contributed by atoms with Crippen molar-refractivity contribution >= 4 is 23.4 Å². The van der Waals surface area contributed by atoms with E-state index in [4.69, 9.17) is 11.6 Å². The standard InChI is InChI=1S/C9H9ClF3NS/c1-2-5-15-7-6(9(11,12)13)3-4-14-8(7)10/h3-4H,2,5H2,1H3. The van der Waals surface area contributed by atoms with Crippen molar-refractivity contribution in [3.8, 4) is 0 Å². The zero-order valence-corrected chi connectivity index (χ0v) is 9.51. The van der Waals surface area contributed by atoms with Gasteiger partial charge in [0.25, 0.3) is 0 Å². The van der Waals surface area contributed by atoms with Crippen LogP contribution in [0.2, 0.25) is 5.15 Å². The molecule has 0 aliphatic carbocycles. The van der Waals surface area contributed by atoms with Gasteiger partial charge >= 0.3 is 6.18 Å². The Balaban J connectivity index is 3.09. The van der Waals surface area contributed by atoms with Crippen LogP contribution in [0.4, 0.5) is 13.2 Å². The molecule has 0 atom stereocenters. The van der Waals surface area contributed by atoms with E-state index in [0.717, 1.165) is 30.4 Å². The van der Waals surface area contributed by atoms with E-state index in [1.807, 2.05) is 6.92 Å². The highest BCUT2D eigenvalue weighted by Crippen LogP contribution is 2.39. The fourth-order valence-corrected chi connectivity index (χ4v) is 2.23. The highest BCUT2D eigenvalue weighted by Gasteiger charge is 2.34. The fraction of sp³-hybridized carbons (Fsp3) is 0.444. The Morgan fingerprint density at radius 1 is 1.47 bits per heavy atom. The highest BCUT2D eigenvalue weighted by atomic mass is 35.5. The molecule has 0 aliphatic heterocycles. The normalized spacial score (nSPS) is 11.8. The number of rotatable bonds is 3. The predicted octanol–water partition coefficient (Wildman–Crippen LogP) is 4.26. The maximum Gasteiger partial charge on any atom is 0.417 e. The number of aromatic nitrogens is 1. The molecule has 0 N–H and O–H groups in total. The molecule has 0 aromatic carbocycles. The van der Waals surface area contributed by atoms with E-state index in [0.29, 0.717) is 5.75 Å². The molecule has 0 bridgehead atoms. The molecule has 0 unspecified atom stereocenters. The van der Waals surface area contributed by atoms with Crippen LogP contribution in [0.1, 0.15) is 18.9 Å². The summed E-state index contributed by atoms with van der Waals surface area (Å²) in [5, 5.41) is -0.0803. The topological polar surface area (TPSA) is 12.9 Å². The van der Waals surface area contributed by atoms with Gasteiger partial charge in [0, 0.05) is 6.20 Å². The molecule has 1 nitrogen and oxygen atoms in total. The van der Waals surface area contributed by atoms with E-state index in [2.05, 4.69) is 4.98 Å². The van der Waals surface area contributed by atoms with Crippen LogP contribution in [0.15, 0.2) is 17.2 Å². The molecule has 0 saturated carbocycles. The first-order chi connectivity index (χ1) is 6.96. The molecule has 1 rings (SSSR count). The summed E-state index contributed by atoms with van der Waals surface area (Å²) in [5.41, 5.74) is -0.707. The number of hydrogen-bond donors (Lipinski definition) is 0. The van der Waals surface area contributed by atoms with Gasteiger partial charge in [0.15, 0.2) is 0 Å². The van der Waals surface area contributed by atoms with Gasteiger partial charge in [-0.25, -0.2) is 4.98 Å². The molecule has 0 spiro atoms. The summed E-state index contributed by atoms with van der Waals surface area (Å²) >= 11 is 6.73. The third-order valence-electron chi connectivity index (χ3n) is 1.62. The van der Waals surface area contributed by atoms with Gasteiger partial charge in [-0.05, 0) is 18.2 Å². The molecule has 0 radical (unpaired) electrons. The summed E-state index contributed by atoms with van der Waals surface area (Å²) in [7, 11) is 0. The van der Waals surface area contributed by atoms with E-state index in [1.54, 1.807) is 0 Å². The van der Waals surface area contributed by atoms with E-state index in [1.165, 1.54) is 0 Å². The lowest BCUT2D eigenvalue weighted by Crippen LogP contribution is -2.07. The first kappa shape index (κ1) is 12.6. The Morgan fingerprint density at radius 3 is 2.67 bits per heavy atom. The van der Waals surface area contributed by atoms with Gasteiger partial charge in [-0.2, -0.15) is 13.2 Å². The van der Waals surface area contributed by atoms with Crippen LogP contribution in [0.3, 0.4) is 0 Å². The number of thioether (sulfide) groups is 1. The van der Waals surface area contributed by atoms with Crippen molar-refractivity contribution in [2.75, 3.05) is 5.75 Å². The van der Waals surface area contributed by atoms with Crippen LogP contribution < -0.4 is 0 Å². The summed E-state index contributed by atoms with van der Waals surface area (Å²) < 4.78 is 37.7. The van der Waals surface area contributed by atoms with Crippen molar-refractivity contribution < 1.29 is 13.2 Å². The van der Waals surface area contributed by atoms with Crippen molar-refractivity contribution in [3.05, 3.63) is 23.0 Å². The summed E-state index contributed by atoms with van der Waals surface area (Å²) in [5.74, 6) is 0.592. The van der Waals surface area contributed by atoms with Crippen LogP contribution in [0, 0.1) is 0 Å². The fourth-order valence-electron chi connectivity index (χ4n) is 0.987. The summed E-state index contributed by atoms with van der Waals surface area (Å²) in [4.78, 5) is 3.67. The van der Waals surface area contributed by atoms with Gasteiger partial charge in [0.2, 0.25) is 0 Å². The molecule has 6 heteroatoms. The minimum absolute atomic E-state index is 0.0218.